The lowest BCUT2D eigenvalue weighted by molar-refractivity contribution is 1.12. The van der Waals surface area contributed by atoms with E-state index in [0.717, 1.165) is 22.5 Å². The SMILES string of the molecule is Cc1cc(-c2ccc(N)c(C#N)c2)cc(C)n1. The maximum absolute atomic E-state index is 8.96. The number of hydrogen-bond acceptors (Lipinski definition) is 3. The molecule has 0 spiro atoms. The molecule has 1 aromatic carbocycles. The molecule has 2 aromatic rings. The molecular weight excluding hydrogens is 210 g/mol. The van der Waals surface area contributed by atoms with E-state index in [1.165, 1.54) is 0 Å². The molecular formula is C14H13N3. The van der Waals surface area contributed by atoms with E-state index in [1.807, 2.05) is 38.1 Å². The summed E-state index contributed by atoms with van der Waals surface area (Å²) < 4.78 is 0. The molecule has 0 aliphatic heterocycles. The van der Waals surface area contributed by atoms with Gasteiger partial charge in [-0.1, -0.05) is 6.07 Å². The van der Waals surface area contributed by atoms with Crippen LogP contribution in [0.25, 0.3) is 11.1 Å². The fourth-order valence-electron chi connectivity index (χ4n) is 1.83. The number of nitrogen functional groups attached to an aromatic ring is 1. The number of aryl methyl sites for hydroxylation is 2. The van der Waals surface area contributed by atoms with Crippen LogP contribution in [0.1, 0.15) is 17.0 Å². The summed E-state index contributed by atoms with van der Waals surface area (Å²) in [4.78, 5) is 4.33. The first-order valence-corrected chi connectivity index (χ1v) is 5.35. The molecule has 0 bridgehead atoms. The molecule has 17 heavy (non-hydrogen) atoms. The van der Waals surface area contributed by atoms with Crippen molar-refractivity contribution in [2.24, 2.45) is 0 Å². The van der Waals surface area contributed by atoms with Gasteiger partial charge in [-0.3, -0.25) is 4.98 Å². The molecule has 0 saturated carbocycles. The molecule has 1 aromatic heterocycles. The molecule has 0 radical (unpaired) electrons. The first-order chi connectivity index (χ1) is 8.10. The molecule has 2 N–H and O–H groups in total. The van der Waals surface area contributed by atoms with Crippen molar-refractivity contribution in [2.45, 2.75) is 13.8 Å². The van der Waals surface area contributed by atoms with E-state index >= 15 is 0 Å². The van der Waals surface area contributed by atoms with Crippen LogP contribution >= 0.6 is 0 Å². The highest BCUT2D eigenvalue weighted by atomic mass is 14.7. The summed E-state index contributed by atoms with van der Waals surface area (Å²) in [6.45, 7) is 3.91. The van der Waals surface area contributed by atoms with Gasteiger partial charge in [-0.2, -0.15) is 5.26 Å². The van der Waals surface area contributed by atoms with Gasteiger partial charge >= 0.3 is 0 Å². The average molecular weight is 223 g/mol. The lowest BCUT2D eigenvalue weighted by atomic mass is 10.0. The Bertz CT molecular complexity index is 589. The average Bonchev–Trinajstić information content (AvgIpc) is 2.28. The molecule has 3 nitrogen and oxygen atoms in total. The number of anilines is 1. The van der Waals surface area contributed by atoms with Crippen molar-refractivity contribution >= 4 is 5.69 Å². The van der Waals surface area contributed by atoms with Gasteiger partial charge in [-0.25, -0.2) is 0 Å². The van der Waals surface area contributed by atoms with E-state index in [9.17, 15) is 0 Å². The summed E-state index contributed by atoms with van der Waals surface area (Å²) >= 11 is 0. The zero-order valence-electron chi connectivity index (χ0n) is 9.86. The molecule has 1 heterocycles. The van der Waals surface area contributed by atoms with Crippen molar-refractivity contribution in [2.75, 3.05) is 5.73 Å². The zero-order chi connectivity index (χ0) is 12.4. The fraction of sp³-hybridized carbons (Fsp3) is 0.143. The van der Waals surface area contributed by atoms with E-state index in [-0.39, 0.29) is 0 Å². The highest BCUT2D eigenvalue weighted by molar-refractivity contribution is 5.70. The second kappa shape index (κ2) is 4.26. The molecule has 3 heteroatoms. The Labute approximate surface area is 101 Å². The second-order valence-corrected chi connectivity index (χ2v) is 4.05. The largest absolute Gasteiger partial charge is 0.398 e. The first kappa shape index (κ1) is 11.2. The third-order valence-electron chi connectivity index (χ3n) is 2.59. The predicted octanol–water partition coefficient (Wildman–Crippen LogP) is 2.82. The van der Waals surface area contributed by atoms with Gasteiger partial charge in [-0.15, -0.1) is 0 Å². The van der Waals surface area contributed by atoms with E-state index in [4.69, 9.17) is 11.0 Å². The van der Waals surface area contributed by atoms with Crippen LogP contribution in [0.4, 0.5) is 5.69 Å². The van der Waals surface area contributed by atoms with Crippen LogP contribution in [0.3, 0.4) is 0 Å². The lowest BCUT2D eigenvalue weighted by Crippen LogP contribution is -1.92. The molecule has 2 rings (SSSR count). The summed E-state index contributed by atoms with van der Waals surface area (Å²) in [6.07, 6.45) is 0. The molecule has 0 aliphatic carbocycles. The molecule has 0 unspecified atom stereocenters. The highest BCUT2D eigenvalue weighted by Gasteiger charge is 2.04. The van der Waals surface area contributed by atoms with Gasteiger partial charge in [0.2, 0.25) is 0 Å². The number of benzene rings is 1. The molecule has 0 amide bonds. The van der Waals surface area contributed by atoms with Crippen LogP contribution < -0.4 is 5.73 Å². The highest BCUT2D eigenvalue weighted by Crippen LogP contribution is 2.24. The molecule has 0 atom stereocenters. The van der Waals surface area contributed by atoms with Crippen molar-refractivity contribution in [3.05, 3.63) is 47.3 Å². The minimum atomic E-state index is 0.509. The summed E-state index contributed by atoms with van der Waals surface area (Å²) in [5.74, 6) is 0. The van der Waals surface area contributed by atoms with Gasteiger partial charge in [0, 0.05) is 17.1 Å². The minimum absolute atomic E-state index is 0.509. The third-order valence-corrected chi connectivity index (χ3v) is 2.59. The van der Waals surface area contributed by atoms with Gasteiger partial charge < -0.3 is 5.73 Å². The number of hydrogen-bond donors (Lipinski definition) is 1. The summed E-state index contributed by atoms with van der Waals surface area (Å²) in [5.41, 5.74) is 10.7. The van der Waals surface area contributed by atoms with Crippen molar-refractivity contribution in [1.29, 1.82) is 5.26 Å². The Morgan fingerprint density at radius 1 is 1.06 bits per heavy atom. The maximum atomic E-state index is 8.96. The minimum Gasteiger partial charge on any atom is -0.398 e. The van der Waals surface area contributed by atoms with Crippen molar-refractivity contribution in [3.63, 3.8) is 0 Å². The number of nitrogens with zero attached hydrogens (tertiary/aromatic N) is 2. The van der Waals surface area contributed by atoms with E-state index in [0.29, 0.717) is 11.3 Å². The molecule has 84 valence electrons. The van der Waals surface area contributed by atoms with Gasteiger partial charge in [-0.05, 0) is 49.2 Å². The van der Waals surface area contributed by atoms with E-state index in [1.54, 1.807) is 6.07 Å². The number of pyridine rings is 1. The standard InChI is InChI=1S/C14H13N3/c1-9-5-12(6-10(2)17-9)11-3-4-14(16)13(7-11)8-15/h3-7H,16H2,1-2H3. The van der Waals surface area contributed by atoms with Crippen molar-refractivity contribution in [1.82, 2.24) is 4.98 Å². The molecule has 0 saturated heterocycles. The number of nitriles is 1. The molecule has 0 aliphatic rings. The maximum Gasteiger partial charge on any atom is 0.101 e. The number of rotatable bonds is 1. The van der Waals surface area contributed by atoms with Crippen LogP contribution in [0.2, 0.25) is 0 Å². The topological polar surface area (TPSA) is 62.7 Å². The monoisotopic (exact) mass is 223 g/mol. The van der Waals surface area contributed by atoms with Crippen LogP contribution in [-0.2, 0) is 0 Å². The Hall–Kier alpha value is -2.34. The number of aromatic nitrogens is 1. The third kappa shape index (κ3) is 2.26. The van der Waals surface area contributed by atoms with Crippen molar-refractivity contribution in [3.8, 4) is 17.2 Å². The van der Waals surface area contributed by atoms with Gasteiger partial charge in [0.1, 0.15) is 6.07 Å². The van der Waals surface area contributed by atoms with Gasteiger partial charge in [0.05, 0.1) is 5.56 Å². The molecule has 0 fully saturated rings. The predicted molar refractivity (Wildman–Crippen MR) is 68.3 cm³/mol. The van der Waals surface area contributed by atoms with E-state index < -0.39 is 0 Å². The van der Waals surface area contributed by atoms with Crippen LogP contribution in [-0.4, -0.2) is 4.98 Å². The van der Waals surface area contributed by atoms with Crippen LogP contribution in [0, 0.1) is 25.2 Å². The summed E-state index contributed by atoms with van der Waals surface area (Å²) in [7, 11) is 0. The normalized spacial score (nSPS) is 9.94. The van der Waals surface area contributed by atoms with Gasteiger partial charge in [0.15, 0.2) is 0 Å². The Morgan fingerprint density at radius 3 is 2.29 bits per heavy atom. The van der Waals surface area contributed by atoms with Crippen LogP contribution in [0.5, 0.6) is 0 Å². The second-order valence-electron chi connectivity index (χ2n) is 4.05. The Morgan fingerprint density at radius 2 is 1.71 bits per heavy atom. The summed E-state index contributed by atoms with van der Waals surface area (Å²) in [6, 6.07) is 11.6. The van der Waals surface area contributed by atoms with Crippen molar-refractivity contribution < 1.29 is 0 Å². The Balaban J connectivity index is 2.57. The lowest BCUT2D eigenvalue weighted by Gasteiger charge is -2.06. The Kier molecular flexibility index (Phi) is 2.80. The fourth-order valence-corrected chi connectivity index (χ4v) is 1.83. The smallest absolute Gasteiger partial charge is 0.101 e. The van der Waals surface area contributed by atoms with Crippen LogP contribution in [0.15, 0.2) is 30.3 Å². The number of nitrogens with two attached hydrogens (primary N) is 1. The van der Waals surface area contributed by atoms with Gasteiger partial charge in [0.25, 0.3) is 0 Å². The first-order valence-electron chi connectivity index (χ1n) is 5.35. The zero-order valence-corrected chi connectivity index (χ0v) is 9.86. The van der Waals surface area contributed by atoms with E-state index in [2.05, 4.69) is 11.1 Å². The quantitative estimate of drug-likeness (QED) is 0.756. The summed E-state index contributed by atoms with van der Waals surface area (Å²) in [5, 5.41) is 8.96.